The molecule has 4 amide bonds. The van der Waals surface area contributed by atoms with Gasteiger partial charge in [-0.05, 0) is 95.0 Å². The van der Waals surface area contributed by atoms with Gasteiger partial charge in [0.05, 0.1) is 49.2 Å². The monoisotopic (exact) mass is 800 g/mol. The highest BCUT2D eigenvalue weighted by molar-refractivity contribution is 5.92. The SMILES string of the molecule is COC(=O)N[C@H](C(=O)N1C2[C@@H](C[C@H]1c1nc3ccc(-c4ccc5cc(-c6cnc([C@@H]7C[C@H]8C[C@H]8N7C(=O)[C@@H](NC(=O)OC)C(C)C)[nH]6)ccc5c4)cc3[nH]1)[C@H]2C)C(C)C. The highest BCUT2D eigenvalue weighted by Crippen LogP contribution is 2.58. The first kappa shape index (κ1) is 38.6. The molecule has 2 aliphatic heterocycles. The van der Waals surface area contributed by atoms with Crippen molar-refractivity contribution in [3.05, 3.63) is 72.4 Å². The van der Waals surface area contributed by atoms with Crippen LogP contribution in [0.4, 0.5) is 9.59 Å². The molecule has 59 heavy (non-hydrogen) atoms. The third-order valence-corrected chi connectivity index (χ3v) is 13.3. The molecule has 0 spiro atoms. The van der Waals surface area contributed by atoms with Crippen molar-refractivity contribution >= 4 is 45.8 Å². The number of ether oxygens (including phenoxy) is 2. The number of carbonyl (C=O) groups excluding carboxylic acids is 4. The molecule has 9 rings (SSSR count). The van der Waals surface area contributed by atoms with Crippen molar-refractivity contribution < 1.29 is 28.7 Å². The predicted octanol–water partition coefficient (Wildman–Crippen LogP) is 7.10. The molecule has 308 valence electrons. The van der Waals surface area contributed by atoms with Gasteiger partial charge in [0, 0.05) is 17.6 Å². The third-order valence-electron chi connectivity index (χ3n) is 13.3. The minimum atomic E-state index is -0.694. The zero-order valence-corrected chi connectivity index (χ0v) is 34.5. The summed E-state index contributed by atoms with van der Waals surface area (Å²) in [6.07, 6.45) is 3.25. The second kappa shape index (κ2) is 14.7. The Kier molecular flexibility index (Phi) is 9.63. The zero-order chi connectivity index (χ0) is 41.4. The summed E-state index contributed by atoms with van der Waals surface area (Å²) >= 11 is 0. The van der Waals surface area contributed by atoms with Crippen molar-refractivity contribution in [2.24, 2.45) is 29.6 Å². The van der Waals surface area contributed by atoms with Gasteiger partial charge < -0.3 is 39.9 Å². The maximum atomic E-state index is 14.0. The van der Waals surface area contributed by atoms with Gasteiger partial charge in [-0.15, -0.1) is 0 Å². The standard InChI is InChI=1S/C45H52N8O6/c1-21(2)37(50-44(56)58-6)42(54)52-34-17-29(34)18-35(52)40-46-20-33(49-40)28-11-10-24-14-25(8-9-26(24)15-28)27-12-13-31-32(16-27)48-41(47-31)36-19-30-23(5)39(30)53(36)43(55)38(22(3)4)51-45(57)59-7/h8-16,20-23,29-30,34-39H,17-19H2,1-7H3,(H,46,49)(H,47,48)(H,50,56)(H,51,57)/t23-,29-,30+,34-,35+,36+,37+,38+,39?/m1/s1. The molecule has 2 aromatic heterocycles. The van der Waals surface area contributed by atoms with Crippen LogP contribution in [0.2, 0.25) is 0 Å². The molecule has 14 nitrogen and oxygen atoms in total. The molecule has 4 aliphatic rings. The van der Waals surface area contributed by atoms with Crippen molar-refractivity contribution in [3.63, 3.8) is 0 Å². The number of nitrogens with zero attached hydrogens (tertiary/aromatic N) is 4. The smallest absolute Gasteiger partial charge is 0.407 e. The number of piperidine rings is 2. The lowest BCUT2D eigenvalue weighted by Crippen LogP contribution is -2.52. The molecule has 9 atom stereocenters. The first-order chi connectivity index (χ1) is 28.3. The summed E-state index contributed by atoms with van der Waals surface area (Å²) in [5.74, 6) is 2.36. The molecular formula is C45H52N8O6. The molecule has 0 bridgehead atoms. The Morgan fingerprint density at radius 1 is 0.729 bits per heavy atom. The summed E-state index contributed by atoms with van der Waals surface area (Å²) in [6.45, 7) is 9.88. The van der Waals surface area contributed by atoms with E-state index >= 15 is 0 Å². The lowest BCUT2D eigenvalue weighted by Gasteiger charge is -2.32. The maximum Gasteiger partial charge on any atom is 0.407 e. The molecule has 4 fully saturated rings. The number of amides is 4. The molecule has 4 N–H and O–H groups in total. The Hall–Kier alpha value is -5.92. The van der Waals surface area contributed by atoms with Crippen LogP contribution in [-0.4, -0.2) is 92.1 Å². The minimum Gasteiger partial charge on any atom is -0.453 e. The van der Waals surface area contributed by atoms with Gasteiger partial charge in [-0.2, -0.15) is 0 Å². The van der Waals surface area contributed by atoms with Crippen LogP contribution >= 0.6 is 0 Å². The number of carbonyl (C=O) groups is 4. The first-order valence-electron chi connectivity index (χ1n) is 20.8. The molecule has 5 aromatic rings. The fourth-order valence-corrected chi connectivity index (χ4v) is 9.81. The summed E-state index contributed by atoms with van der Waals surface area (Å²) in [6, 6.07) is 17.5. The summed E-state index contributed by atoms with van der Waals surface area (Å²) in [5, 5.41) is 7.68. The molecule has 1 unspecified atom stereocenters. The van der Waals surface area contributed by atoms with Crippen LogP contribution < -0.4 is 10.6 Å². The Labute approximate surface area is 342 Å². The largest absolute Gasteiger partial charge is 0.453 e. The molecular weight excluding hydrogens is 749 g/mol. The average molecular weight is 801 g/mol. The van der Waals surface area contributed by atoms with Gasteiger partial charge >= 0.3 is 12.2 Å². The van der Waals surface area contributed by atoms with Crippen LogP contribution in [0.3, 0.4) is 0 Å². The number of likely N-dealkylation sites (tertiary alicyclic amines) is 2. The van der Waals surface area contributed by atoms with Gasteiger partial charge in [-0.25, -0.2) is 19.6 Å². The van der Waals surface area contributed by atoms with Gasteiger partial charge in [-0.1, -0.05) is 65.0 Å². The third kappa shape index (κ3) is 6.85. The zero-order valence-electron chi connectivity index (χ0n) is 34.5. The highest BCUT2D eigenvalue weighted by Gasteiger charge is 2.61. The van der Waals surface area contributed by atoms with Crippen LogP contribution in [0.1, 0.15) is 77.6 Å². The van der Waals surface area contributed by atoms with Crippen LogP contribution in [0.25, 0.3) is 44.2 Å². The van der Waals surface area contributed by atoms with Gasteiger partial charge in [0.25, 0.3) is 0 Å². The van der Waals surface area contributed by atoms with E-state index in [2.05, 4.69) is 76.1 Å². The number of hydrogen-bond acceptors (Lipinski definition) is 8. The van der Waals surface area contributed by atoms with E-state index in [0.29, 0.717) is 17.8 Å². The van der Waals surface area contributed by atoms with E-state index in [9.17, 15) is 19.2 Å². The van der Waals surface area contributed by atoms with E-state index in [1.165, 1.54) is 14.2 Å². The summed E-state index contributed by atoms with van der Waals surface area (Å²) in [4.78, 5) is 72.8. The quantitative estimate of drug-likeness (QED) is 0.116. The van der Waals surface area contributed by atoms with E-state index in [1.54, 1.807) is 0 Å². The van der Waals surface area contributed by atoms with E-state index in [-0.39, 0.29) is 47.8 Å². The van der Waals surface area contributed by atoms with Crippen molar-refractivity contribution in [1.29, 1.82) is 0 Å². The maximum absolute atomic E-state index is 14.0. The minimum absolute atomic E-state index is 0.100. The molecule has 2 saturated heterocycles. The Morgan fingerprint density at radius 3 is 1.98 bits per heavy atom. The summed E-state index contributed by atoms with van der Waals surface area (Å²) < 4.78 is 9.64. The molecule has 2 aliphatic carbocycles. The number of aromatic amines is 2. The normalized spacial score (nSPS) is 25.2. The van der Waals surface area contributed by atoms with Gasteiger partial charge in [0.2, 0.25) is 11.8 Å². The molecule has 2 saturated carbocycles. The van der Waals surface area contributed by atoms with Crippen molar-refractivity contribution in [2.75, 3.05) is 14.2 Å². The van der Waals surface area contributed by atoms with Crippen molar-refractivity contribution in [2.45, 2.75) is 90.1 Å². The highest BCUT2D eigenvalue weighted by atomic mass is 16.5. The summed E-state index contributed by atoms with van der Waals surface area (Å²) in [5.41, 5.74) is 5.72. The van der Waals surface area contributed by atoms with Crippen LogP contribution in [0.15, 0.2) is 60.8 Å². The number of hydrogen-bond donors (Lipinski definition) is 4. The van der Waals surface area contributed by atoms with Crippen molar-refractivity contribution in [1.82, 2.24) is 40.4 Å². The van der Waals surface area contributed by atoms with E-state index in [4.69, 9.17) is 19.4 Å². The number of aromatic nitrogens is 4. The lowest BCUT2D eigenvalue weighted by molar-refractivity contribution is -0.137. The second-order valence-corrected chi connectivity index (χ2v) is 17.6. The Bertz CT molecular complexity index is 2470. The lowest BCUT2D eigenvalue weighted by atomic mass is 9.99. The number of alkyl carbamates (subject to hydrolysis) is 2. The number of methoxy groups -OCH3 is 2. The second-order valence-electron chi connectivity index (χ2n) is 17.6. The fraction of sp³-hybridized carbons (Fsp3) is 0.467. The number of H-pyrrole nitrogens is 2. The van der Waals surface area contributed by atoms with Crippen LogP contribution in [0, 0.1) is 29.6 Å². The number of imidazole rings is 2. The van der Waals surface area contributed by atoms with E-state index in [1.807, 2.05) is 49.8 Å². The van der Waals surface area contributed by atoms with E-state index < -0.39 is 24.3 Å². The van der Waals surface area contributed by atoms with Crippen LogP contribution in [0.5, 0.6) is 0 Å². The van der Waals surface area contributed by atoms with E-state index in [0.717, 1.165) is 75.1 Å². The predicted molar refractivity (Wildman–Crippen MR) is 222 cm³/mol. The Balaban J connectivity index is 0.927. The van der Waals surface area contributed by atoms with Crippen molar-refractivity contribution in [3.8, 4) is 22.4 Å². The number of benzene rings is 3. The van der Waals surface area contributed by atoms with Gasteiger partial charge in [0.15, 0.2) is 0 Å². The average Bonchev–Trinajstić information content (AvgIpc) is 3.72. The molecule has 14 heteroatoms. The van der Waals surface area contributed by atoms with Crippen LogP contribution in [-0.2, 0) is 19.1 Å². The number of fused-ring (bicyclic) bond motifs is 4. The number of rotatable bonds is 10. The summed E-state index contributed by atoms with van der Waals surface area (Å²) in [7, 11) is 2.61. The molecule has 4 heterocycles. The Morgan fingerprint density at radius 2 is 1.32 bits per heavy atom. The van der Waals surface area contributed by atoms with Gasteiger partial charge in [0.1, 0.15) is 23.7 Å². The first-order valence-corrected chi connectivity index (χ1v) is 20.8. The number of nitrogens with one attached hydrogen (secondary N) is 4. The topological polar surface area (TPSA) is 175 Å². The van der Waals surface area contributed by atoms with Gasteiger partial charge in [-0.3, -0.25) is 9.59 Å². The molecule has 3 aromatic carbocycles. The molecule has 0 radical (unpaired) electrons. The fourth-order valence-electron chi connectivity index (χ4n) is 9.81.